The molecule has 4 rings (SSSR count). The third-order valence-electron chi connectivity index (χ3n) is 4.99. The van der Waals surface area contributed by atoms with E-state index in [1.54, 1.807) is 37.0 Å². The summed E-state index contributed by atoms with van der Waals surface area (Å²) in [6.45, 7) is 5.79. The number of nitrogens with zero attached hydrogens (tertiary/aromatic N) is 4. The van der Waals surface area contributed by atoms with Gasteiger partial charge in [-0.2, -0.15) is 5.10 Å². The zero-order valence-electron chi connectivity index (χ0n) is 18.4. The minimum atomic E-state index is 0.0396. The minimum Gasteiger partial charge on any atom is -0.324 e. The molecule has 0 fully saturated rings. The molecule has 2 heterocycles. The van der Waals surface area contributed by atoms with Crippen LogP contribution in [-0.4, -0.2) is 31.3 Å². The number of carbonyl (C=O) groups excluding carboxylic acids is 1. The normalized spacial score (nSPS) is 10.8. The molecule has 0 amide bonds. The van der Waals surface area contributed by atoms with Crippen LogP contribution in [0.1, 0.15) is 36.3 Å². The van der Waals surface area contributed by atoms with Crippen LogP contribution in [0.25, 0.3) is 16.9 Å². The van der Waals surface area contributed by atoms with Crippen LogP contribution in [0.5, 0.6) is 0 Å². The van der Waals surface area contributed by atoms with Crippen LogP contribution in [0, 0.1) is 6.92 Å². The van der Waals surface area contributed by atoms with Crippen LogP contribution in [-0.2, 0) is 0 Å². The number of hydrogen-bond acceptors (Lipinski definition) is 6. The Labute approximate surface area is 192 Å². The summed E-state index contributed by atoms with van der Waals surface area (Å²) in [5.41, 5.74) is 5.39. The average molecular weight is 444 g/mol. The molecule has 0 bridgehead atoms. The van der Waals surface area contributed by atoms with Gasteiger partial charge in [-0.25, -0.2) is 14.6 Å². The lowest BCUT2D eigenvalue weighted by Gasteiger charge is -2.08. The number of ketones is 1. The van der Waals surface area contributed by atoms with Crippen molar-refractivity contribution in [2.75, 3.05) is 11.1 Å². The van der Waals surface area contributed by atoms with Gasteiger partial charge in [-0.15, -0.1) is 11.8 Å². The van der Waals surface area contributed by atoms with E-state index in [0.29, 0.717) is 11.5 Å². The van der Waals surface area contributed by atoms with Crippen LogP contribution < -0.4 is 5.32 Å². The molecule has 0 atom stereocenters. The fraction of sp³-hybridized carbons (Fsp3) is 0.200. The van der Waals surface area contributed by atoms with E-state index in [1.165, 1.54) is 0 Å². The highest BCUT2D eigenvalue weighted by atomic mass is 32.2. The summed E-state index contributed by atoms with van der Waals surface area (Å²) in [6.07, 6.45) is 2.82. The topological polar surface area (TPSA) is 72.7 Å². The van der Waals surface area contributed by atoms with Crippen LogP contribution in [0.2, 0.25) is 0 Å². The summed E-state index contributed by atoms with van der Waals surface area (Å²) in [7, 11) is 0. The highest BCUT2D eigenvalue weighted by Crippen LogP contribution is 2.34. The molecule has 32 heavy (non-hydrogen) atoms. The van der Waals surface area contributed by atoms with Crippen LogP contribution in [0.15, 0.2) is 71.9 Å². The molecule has 2 aromatic carbocycles. The molecular formula is C25H25N5OS. The van der Waals surface area contributed by atoms with Gasteiger partial charge in [0.25, 0.3) is 0 Å². The van der Waals surface area contributed by atoms with Gasteiger partial charge in [0.05, 0.1) is 22.6 Å². The third-order valence-corrected chi connectivity index (χ3v) is 6.16. The fourth-order valence-corrected chi connectivity index (χ4v) is 4.30. The van der Waals surface area contributed by atoms with Crippen molar-refractivity contribution in [2.45, 2.75) is 32.2 Å². The Hall–Kier alpha value is -3.45. The van der Waals surface area contributed by atoms with E-state index >= 15 is 0 Å². The number of Topliss-reactive ketones (excluding diaryl/α,β-unsaturated/α-hetero) is 1. The molecule has 6 nitrogen and oxygen atoms in total. The first-order valence-corrected chi connectivity index (χ1v) is 11.5. The van der Waals surface area contributed by atoms with Crippen LogP contribution in [0.3, 0.4) is 0 Å². The lowest BCUT2D eigenvalue weighted by atomic mass is 10.1. The van der Waals surface area contributed by atoms with Crippen molar-refractivity contribution in [1.29, 1.82) is 0 Å². The third kappa shape index (κ3) is 4.73. The molecule has 0 unspecified atom stereocenters. The van der Waals surface area contributed by atoms with E-state index in [9.17, 15) is 4.79 Å². The van der Waals surface area contributed by atoms with E-state index in [1.807, 2.05) is 41.1 Å². The second-order valence-electron chi connectivity index (χ2n) is 7.39. The Balaban J connectivity index is 1.69. The lowest BCUT2D eigenvalue weighted by molar-refractivity contribution is 0.101. The molecule has 1 N–H and O–H groups in total. The predicted molar refractivity (Wildman–Crippen MR) is 130 cm³/mol. The number of carbonyl (C=O) groups is 1. The number of rotatable bonds is 8. The zero-order chi connectivity index (χ0) is 22.5. The van der Waals surface area contributed by atoms with Gasteiger partial charge in [-0.1, -0.05) is 25.1 Å². The van der Waals surface area contributed by atoms with Gasteiger partial charge in [0.15, 0.2) is 5.78 Å². The van der Waals surface area contributed by atoms with Crippen molar-refractivity contribution in [1.82, 2.24) is 19.7 Å². The number of anilines is 2. The number of thioether (sulfide) groups is 1. The van der Waals surface area contributed by atoms with E-state index in [4.69, 9.17) is 10.1 Å². The lowest BCUT2D eigenvalue weighted by Crippen LogP contribution is -2.00. The van der Waals surface area contributed by atoms with Crippen LogP contribution >= 0.6 is 11.8 Å². The Morgan fingerprint density at radius 2 is 1.81 bits per heavy atom. The highest BCUT2D eigenvalue weighted by Gasteiger charge is 2.19. The quantitative estimate of drug-likeness (QED) is 0.263. The largest absolute Gasteiger partial charge is 0.324 e. The number of aromatic nitrogens is 4. The Morgan fingerprint density at radius 1 is 1.06 bits per heavy atom. The summed E-state index contributed by atoms with van der Waals surface area (Å²) in [5.74, 6) is 1.52. The molecule has 4 aromatic rings. The van der Waals surface area contributed by atoms with Crippen molar-refractivity contribution in [3.63, 3.8) is 0 Å². The first-order chi connectivity index (χ1) is 15.6. The fourth-order valence-electron chi connectivity index (χ4n) is 3.37. The van der Waals surface area contributed by atoms with E-state index < -0.39 is 0 Å². The van der Waals surface area contributed by atoms with Gasteiger partial charge in [0.2, 0.25) is 5.95 Å². The van der Waals surface area contributed by atoms with Gasteiger partial charge in [-0.3, -0.25) is 4.79 Å². The monoisotopic (exact) mass is 443 g/mol. The number of benzene rings is 2. The summed E-state index contributed by atoms with van der Waals surface area (Å²) in [4.78, 5) is 20.7. The first-order valence-electron chi connectivity index (χ1n) is 10.6. The smallest absolute Gasteiger partial charge is 0.227 e. The number of para-hydroxylation sites is 1. The molecule has 7 heteroatoms. The summed E-state index contributed by atoms with van der Waals surface area (Å²) in [6, 6.07) is 19.3. The van der Waals surface area contributed by atoms with Gasteiger partial charge in [0, 0.05) is 17.4 Å². The SMILES string of the molecule is CCCSc1nn(-c2ccccc2)c(C)c1-c1ccnc(Nc2ccc(C(C)=O)cc2)n1. The van der Waals surface area contributed by atoms with E-state index in [-0.39, 0.29) is 5.78 Å². The van der Waals surface area contributed by atoms with Gasteiger partial charge >= 0.3 is 0 Å². The minimum absolute atomic E-state index is 0.0396. The molecule has 0 spiro atoms. The highest BCUT2D eigenvalue weighted by molar-refractivity contribution is 7.99. The zero-order valence-corrected chi connectivity index (χ0v) is 19.2. The van der Waals surface area contributed by atoms with Gasteiger partial charge in [0.1, 0.15) is 5.03 Å². The van der Waals surface area contributed by atoms with Crippen molar-refractivity contribution in [3.05, 3.63) is 78.1 Å². The maximum atomic E-state index is 11.5. The molecule has 0 aliphatic heterocycles. The molecule has 2 aromatic heterocycles. The Morgan fingerprint density at radius 3 is 2.50 bits per heavy atom. The summed E-state index contributed by atoms with van der Waals surface area (Å²) < 4.78 is 1.98. The molecule has 0 aliphatic carbocycles. The van der Waals surface area contributed by atoms with Gasteiger partial charge in [-0.05, 0) is 68.5 Å². The van der Waals surface area contributed by atoms with E-state index in [0.717, 1.165) is 45.5 Å². The maximum Gasteiger partial charge on any atom is 0.227 e. The average Bonchev–Trinajstić information content (AvgIpc) is 3.14. The first kappa shape index (κ1) is 21.8. The predicted octanol–water partition coefficient (Wildman–Crippen LogP) is 6.09. The second kappa shape index (κ2) is 9.78. The molecule has 0 aliphatic rings. The number of nitrogens with one attached hydrogen (secondary N) is 1. The standard InChI is InChI=1S/C25H25N5OS/c1-4-16-32-24-23(17(2)30(29-24)21-8-6-5-7-9-21)22-14-15-26-25(28-22)27-20-12-10-19(11-13-20)18(3)31/h5-15H,4,16H2,1-3H3,(H,26,27,28). The Kier molecular flexibility index (Phi) is 6.66. The molecule has 0 saturated carbocycles. The van der Waals surface area contributed by atoms with Gasteiger partial charge < -0.3 is 5.32 Å². The summed E-state index contributed by atoms with van der Waals surface area (Å²) >= 11 is 1.74. The molecular weight excluding hydrogens is 418 g/mol. The van der Waals surface area contributed by atoms with Crippen molar-refractivity contribution in [3.8, 4) is 16.9 Å². The van der Waals surface area contributed by atoms with Crippen LogP contribution in [0.4, 0.5) is 11.6 Å². The Bertz CT molecular complexity index is 1220. The maximum absolute atomic E-state index is 11.5. The molecule has 162 valence electrons. The number of hydrogen-bond donors (Lipinski definition) is 1. The van der Waals surface area contributed by atoms with Crippen molar-refractivity contribution in [2.24, 2.45) is 0 Å². The van der Waals surface area contributed by atoms with E-state index in [2.05, 4.69) is 36.3 Å². The second-order valence-corrected chi connectivity index (χ2v) is 8.47. The van der Waals surface area contributed by atoms with Crippen molar-refractivity contribution >= 4 is 29.2 Å². The van der Waals surface area contributed by atoms with Crippen molar-refractivity contribution < 1.29 is 4.79 Å². The molecule has 0 saturated heterocycles. The summed E-state index contributed by atoms with van der Waals surface area (Å²) in [5, 5.41) is 9.10. The molecule has 0 radical (unpaired) electrons.